The summed E-state index contributed by atoms with van der Waals surface area (Å²) in [6.45, 7) is 5.81. The van der Waals surface area contributed by atoms with E-state index in [2.05, 4.69) is 25.8 Å². The summed E-state index contributed by atoms with van der Waals surface area (Å²) in [5.74, 6) is 0.971. The molecule has 1 aliphatic rings. The van der Waals surface area contributed by atoms with Crippen LogP contribution in [0.4, 0.5) is 0 Å². The third-order valence-electron chi connectivity index (χ3n) is 2.79. The monoisotopic (exact) mass is 141 g/mol. The van der Waals surface area contributed by atoms with E-state index >= 15 is 0 Å². The molecule has 0 aliphatic heterocycles. The second-order valence-electron chi connectivity index (χ2n) is 3.65. The van der Waals surface area contributed by atoms with Crippen LogP contribution < -0.4 is 0 Å². The first-order chi connectivity index (χ1) is 4.74. The van der Waals surface area contributed by atoms with Gasteiger partial charge in [0.25, 0.3) is 0 Å². The van der Waals surface area contributed by atoms with Crippen molar-refractivity contribution in [2.45, 2.75) is 39.2 Å². The van der Waals surface area contributed by atoms with Crippen LogP contribution in [0.1, 0.15) is 33.1 Å². The van der Waals surface area contributed by atoms with E-state index in [0.717, 1.165) is 12.0 Å². The number of rotatable bonds is 2. The van der Waals surface area contributed by atoms with Gasteiger partial charge in [0, 0.05) is 6.04 Å². The van der Waals surface area contributed by atoms with Crippen LogP contribution >= 0.6 is 0 Å². The summed E-state index contributed by atoms with van der Waals surface area (Å²) in [5.41, 5.74) is 0. The Morgan fingerprint density at radius 3 is 2.50 bits per heavy atom. The highest BCUT2D eigenvalue weighted by atomic mass is 15.1. The Morgan fingerprint density at radius 2 is 2.10 bits per heavy atom. The molecule has 1 saturated carbocycles. The molecule has 0 aromatic heterocycles. The summed E-state index contributed by atoms with van der Waals surface area (Å²) in [4.78, 5) is 2.48. The third kappa shape index (κ3) is 1.72. The minimum Gasteiger partial charge on any atom is -0.304 e. The zero-order chi connectivity index (χ0) is 7.56. The van der Waals surface area contributed by atoms with Gasteiger partial charge in [-0.3, -0.25) is 0 Å². The lowest BCUT2D eigenvalue weighted by Gasteiger charge is -2.21. The second-order valence-corrected chi connectivity index (χ2v) is 3.65. The van der Waals surface area contributed by atoms with Crippen molar-refractivity contribution < 1.29 is 0 Å². The molecule has 1 heteroatoms. The minimum absolute atomic E-state index is 0.889. The zero-order valence-electron chi connectivity index (χ0n) is 7.43. The SMILES string of the molecule is CCN(C)C1CCC(C)C1. The van der Waals surface area contributed by atoms with Crippen molar-refractivity contribution in [1.82, 2.24) is 4.90 Å². The van der Waals surface area contributed by atoms with Gasteiger partial charge in [0.15, 0.2) is 0 Å². The molecule has 0 amide bonds. The van der Waals surface area contributed by atoms with Crippen LogP contribution in [0, 0.1) is 5.92 Å². The van der Waals surface area contributed by atoms with Crippen LogP contribution in [0.5, 0.6) is 0 Å². The standard InChI is InChI=1S/C9H19N/c1-4-10(3)9-6-5-8(2)7-9/h8-9H,4-7H2,1-3H3. The van der Waals surface area contributed by atoms with Crippen LogP contribution in [0.25, 0.3) is 0 Å². The van der Waals surface area contributed by atoms with E-state index < -0.39 is 0 Å². The van der Waals surface area contributed by atoms with Gasteiger partial charge in [-0.25, -0.2) is 0 Å². The molecule has 2 unspecified atom stereocenters. The Bertz CT molecular complexity index is 101. The Hall–Kier alpha value is -0.0400. The molecule has 1 fully saturated rings. The highest BCUT2D eigenvalue weighted by molar-refractivity contribution is 4.78. The molecule has 0 spiro atoms. The third-order valence-corrected chi connectivity index (χ3v) is 2.79. The van der Waals surface area contributed by atoms with Gasteiger partial charge in [-0.2, -0.15) is 0 Å². The quantitative estimate of drug-likeness (QED) is 0.569. The van der Waals surface area contributed by atoms with Crippen molar-refractivity contribution in [3.05, 3.63) is 0 Å². The summed E-state index contributed by atoms with van der Waals surface area (Å²) in [5, 5.41) is 0. The van der Waals surface area contributed by atoms with Crippen LogP contribution in [-0.2, 0) is 0 Å². The van der Waals surface area contributed by atoms with E-state index in [4.69, 9.17) is 0 Å². The van der Waals surface area contributed by atoms with Crippen molar-refractivity contribution in [3.63, 3.8) is 0 Å². The van der Waals surface area contributed by atoms with Gasteiger partial charge in [-0.15, -0.1) is 0 Å². The fourth-order valence-electron chi connectivity index (χ4n) is 1.84. The van der Waals surface area contributed by atoms with E-state index in [1.807, 2.05) is 0 Å². The first-order valence-electron chi connectivity index (χ1n) is 4.44. The van der Waals surface area contributed by atoms with E-state index in [9.17, 15) is 0 Å². The maximum Gasteiger partial charge on any atom is 0.00947 e. The average molecular weight is 141 g/mol. The van der Waals surface area contributed by atoms with E-state index in [1.54, 1.807) is 0 Å². The summed E-state index contributed by atoms with van der Waals surface area (Å²) < 4.78 is 0. The highest BCUT2D eigenvalue weighted by Crippen LogP contribution is 2.27. The highest BCUT2D eigenvalue weighted by Gasteiger charge is 2.23. The molecule has 1 nitrogen and oxygen atoms in total. The van der Waals surface area contributed by atoms with Gasteiger partial charge in [0.05, 0.1) is 0 Å². The summed E-state index contributed by atoms with van der Waals surface area (Å²) >= 11 is 0. The Morgan fingerprint density at radius 1 is 1.40 bits per heavy atom. The molecular formula is C9H19N. The lowest BCUT2D eigenvalue weighted by molar-refractivity contribution is 0.253. The van der Waals surface area contributed by atoms with Crippen molar-refractivity contribution in [2.24, 2.45) is 5.92 Å². The van der Waals surface area contributed by atoms with Crippen molar-refractivity contribution in [1.29, 1.82) is 0 Å². The molecule has 1 rings (SSSR count). The molecule has 0 aromatic rings. The zero-order valence-corrected chi connectivity index (χ0v) is 7.43. The first-order valence-corrected chi connectivity index (χ1v) is 4.44. The molecule has 0 radical (unpaired) electrons. The van der Waals surface area contributed by atoms with Gasteiger partial charge in [0.2, 0.25) is 0 Å². The van der Waals surface area contributed by atoms with E-state index in [1.165, 1.54) is 25.8 Å². The smallest absolute Gasteiger partial charge is 0.00947 e. The number of hydrogen-bond donors (Lipinski definition) is 0. The fourth-order valence-corrected chi connectivity index (χ4v) is 1.84. The molecule has 2 atom stereocenters. The summed E-state index contributed by atoms with van der Waals surface area (Å²) in [6.07, 6.45) is 4.28. The maximum absolute atomic E-state index is 2.48. The molecule has 0 aromatic carbocycles. The van der Waals surface area contributed by atoms with Crippen molar-refractivity contribution in [2.75, 3.05) is 13.6 Å². The van der Waals surface area contributed by atoms with E-state index in [0.29, 0.717) is 0 Å². The van der Waals surface area contributed by atoms with E-state index in [-0.39, 0.29) is 0 Å². The van der Waals surface area contributed by atoms with Gasteiger partial charge in [-0.05, 0) is 38.8 Å². The molecule has 0 N–H and O–H groups in total. The lowest BCUT2D eigenvalue weighted by atomic mass is 10.1. The molecule has 10 heavy (non-hydrogen) atoms. The average Bonchev–Trinajstić information content (AvgIpc) is 2.34. The lowest BCUT2D eigenvalue weighted by Crippen LogP contribution is -2.28. The predicted molar refractivity (Wildman–Crippen MR) is 45.1 cm³/mol. The molecule has 0 saturated heterocycles. The largest absolute Gasteiger partial charge is 0.304 e. The van der Waals surface area contributed by atoms with Gasteiger partial charge in [-0.1, -0.05) is 13.8 Å². The van der Waals surface area contributed by atoms with Gasteiger partial charge >= 0.3 is 0 Å². The van der Waals surface area contributed by atoms with Crippen molar-refractivity contribution >= 4 is 0 Å². The second kappa shape index (κ2) is 3.38. The molecule has 0 heterocycles. The summed E-state index contributed by atoms with van der Waals surface area (Å²) in [6, 6.07) is 0.889. The molecule has 1 aliphatic carbocycles. The topological polar surface area (TPSA) is 3.24 Å². The predicted octanol–water partition coefficient (Wildman–Crippen LogP) is 2.13. The van der Waals surface area contributed by atoms with Gasteiger partial charge < -0.3 is 4.90 Å². The minimum atomic E-state index is 0.889. The molecule has 60 valence electrons. The van der Waals surface area contributed by atoms with Crippen LogP contribution in [0.15, 0.2) is 0 Å². The molecular weight excluding hydrogens is 122 g/mol. The Balaban J connectivity index is 2.29. The van der Waals surface area contributed by atoms with Crippen LogP contribution in [-0.4, -0.2) is 24.5 Å². The van der Waals surface area contributed by atoms with Crippen LogP contribution in [0.2, 0.25) is 0 Å². The number of hydrogen-bond acceptors (Lipinski definition) is 1. The Labute approximate surface area is 64.4 Å². The van der Waals surface area contributed by atoms with Crippen LogP contribution in [0.3, 0.4) is 0 Å². The van der Waals surface area contributed by atoms with Gasteiger partial charge in [0.1, 0.15) is 0 Å². The van der Waals surface area contributed by atoms with Crippen molar-refractivity contribution in [3.8, 4) is 0 Å². The Kier molecular flexibility index (Phi) is 2.72. The maximum atomic E-state index is 2.48. The number of nitrogens with zero attached hydrogens (tertiary/aromatic N) is 1. The summed E-state index contributed by atoms with van der Waals surface area (Å²) in [7, 11) is 2.24. The molecule has 0 bridgehead atoms. The normalized spacial score (nSPS) is 33.6. The fraction of sp³-hybridized carbons (Fsp3) is 1.00. The first kappa shape index (κ1) is 8.06.